The summed E-state index contributed by atoms with van der Waals surface area (Å²) >= 11 is 5.54. The van der Waals surface area contributed by atoms with Gasteiger partial charge in [-0.05, 0) is 43.7 Å². The number of anilines is 1. The highest BCUT2D eigenvalue weighted by atomic mass is 35.5. The van der Waals surface area contributed by atoms with Gasteiger partial charge in [0.25, 0.3) is 5.91 Å². The molecule has 2 rings (SSSR count). The number of aryl methyl sites for hydroxylation is 2. The van der Waals surface area contributed by atoms with Crippen LogP contribution in [0.3, 0.4) is 0 Å². The monoisotopic (exact) mass is 327 g/mol. The van der Waals surface area contributed by atoms with Crippen molar-refractivity contribution in [2.75, 3.05) is 5.32 Å². The van der Waals surface area contributed by atoms with E-state index in [9.17, 15) is 18.0 Å². The minimum Gasteiger partial charge on any atom is -0.322 e. The van der Waals surface area contributed by atoms with Gasteiger partial charge in [-0.1, -0.05) is 29.3 Å². The fraction of sp³-hybridized carbons (Fsp3) is 0.188. The van der Waals surface area contributed by atoms with Crippen molar-refractivity contribution in [1.29, 1.82) is 0 Å². The molecule has 2 nitrogen and oxygen atoms in total. The molecule has 0 saturated carbocycles. The number of hydrogen-bond acceptors (Lipinski definition) is 1. The predicted molar refractivity (Wildman–Crippen MR) is 80.3 cm³/mol. The molecule has 0 bridgehead atoms. The Labute approximate surface area is 130 Å². The lowest BCUT2D eigenvalue weighted by Gasteiger charge is -2.12. The van der Waals surface area contributed by atoms with Crippen LogP contribution < -0.4 is 5.32 Å². The lowest BCUT2D eigenvalue weighted by Crippen LogP contribution is -2.14. The second-order valence-electron chi connectivity index (χ2n) is 4.96. The number of carbonyl (C=O) groups excluding carboxylic acids is 1. The smallest absolute Gasteiger partial charge is 0.322 e. The Kier molecular flexibility index (Phi) is 4.47. The van der Waals surface area contributed by atoms with Crippen molar-refractivity contribution in [1.82, 2.24) is 0 Å². The molecule has 116 valence electrons. The van der Waals surface area contributed by atoms with Crippen molar-refractivity contribution in [3.8, 4) is 0 Å². The van der Waals surface area contributed by atoms with E-state index < -0.39 is 22.7 Å². The SMILES string of the molecule is Cc1ccc(C(=O)Nc2ccc(Cl)c(C(F)(F)F)c2)c(C)c1. The van der Waals surface area contributed by atoms with Crippen LogP contribution in [0.15, 0.2) is 36.4 Å². The van der Waals surface area contributed by atoms with E-state index in [1.807, 2.05) is 13.0 Å². The van der Waals surface area contributed by atoms with Crippen molar-refractivity contribution in [2.24, 2.45) is 0 Å². The Bertz CT molecular complexity index is 726. The summed E-state index contributed by atoms with van der Waals surface area (Å²) < 4.78 is 38.4. The zero-order chi connectivity index (χ0) is 16.5. The highest BCUT2D eigenvalue weighted by Gasteiger charge is 2.33. The molecule has 0 aliphatic heterocycles. The molecule has 1 amide bonds. The molecule has 0 spiro atoms. The Hall–Kier alpha value is -2.01. The van der Waals surface area contributed by atoms with Crippen LogP contribution in [-0.2, 0) is 6.18 Å². The molecule has 0 heterocycles. The lowest BCUT2D eigenvalue weighted by molar-refractivity contribution is -0.137. The molecule has 22 heavy (non-hydrogen) atoms. The summed E-state index contributed by atoms with van der Waals surface area (Å²) in [7, 11) is 0. The number of halogens is 4. The number of benzene rings is 2. The third kappa shape index (κ3) is 3.60. The molecular formula is C16H13ClF3NO. The molecule has 0 aromatic heterocycles. The standard InChI is InChI=1S/C16H13ClF3NO/c1-9-3-5-12(10(2)7-9)15(22)21-11-4-6-14(17)13(8-11)16(18,19)20/h3-8H,1-2H3,(H,21,22). The fourth-order valence-corrected chi connectivity index (χ4v) is 2.31. The minimum atomic E-state index is -4.57. The quantitative estimate of drug-likeness (QED) is 0.804. The van der Waals surface area contributed by atoms with Gasteiger partial charge >= 0.3 is 6.18 Å². The van der Waals surface area contributed by atoms with Crippen molar-refractivity contribution >= 4 is 23.2 Å². The average Bonchev–Trinajstić information content (AvgIpc) is 2.39. The summed E-state index contributed by atoms with van der Waals surface area (Å²) in [5.41, 5.74) is 1.23. The summed E-state index contributed by atoms with van der Waals surface area (Å²) in [6.45, 7) is 3.66. The van der Waals surface area contributed by atoms with Crippen LogP contribution in [0, 0.1) is 13.8 Å². The Morgan fingerprint density at radius 2 is 1.77 bits per heavy atom. The normalized spacial score (nSPS) is 11.4. The summed E-state index contributed by atoms with van der Waals surface area (Å²) in [4.78, 5) is 12.2. The first kappa shape index (κ1) is 16.4. The summed E-state index contributed by atoms with van der Waals surface area (Å²) in [6.07, 6.45) is -4.57. The van der Waals surface area contributed by atoms with E-state index in [1.165, 1.54) is 6.07 Å². The van der Waals surface area contributed by atoms with Gasteiger partial charge in [0.2, 0.25) is 0 Å². The first-order valence-corrected chi connectivity index (χ1v) is 6.81. The van der Waals surface area contributed by atoms with Crippen molar-refractivity contribution in [3.63, 3.8) is 0 Å². The van der Waals surface area contributed by atoms with Gasteiger partial charge in [0.15, 0.2) is 0 Å². The van der Waals surface area contributed by atoms with Gasteiger partial charge in [0.1, 0.15) is 0 Å². The van der Waals surface area contributed by atoms with Crippen LogP contribution >= 0.6 is 11.6 Å². The zero-order valence-electron chi connectivity index (χ0n) is 11.9. The van der Waals surface area contributed by atoms with Gasteiger partial charge in [-0.3, -0.25) is 4.79 Å². The minimum absolute atomic E-state index is 0.0432. The number of carbonyl (C=O) groups is 1. The maximum atomic E-state index is 12.8. The van der Waals surface area contributed by atoms with E-state index in [0.717, 1.165) is 23.3 Å². The molecule has 6 heteroatoms. The van der Waals surface area contributed by atoms with E-state index in [1.54, 1.807) is 19.1 Å². The van der Waals surface area contributed by atoms with Crippen LogP contribution in [0.25, 0.3) is 0 Å². The molecule has 0 atom stereocenters. The summed E-state index contributed by atoms with van der Waals surface area (Å²) in [5, 5.41) is 2.06. The molecular weight excluding hydrogens is 315 g/mol. The maximum Gasteiger partial charge on any atom is 0.417 e. The number of amides is 1. The fourth-order valence-electron chi connectivity index (χ4n) is 2.09. The first-order chi connectivity index (χ1) is 10.2. The average molecular weight is 328 g/mol. The van der Waals surface area contributed by atoms with E-state index in [4.69, 9.17) is 11.6 Å². The zero-order valence-corrected chi connectivity index (χ0v) is 12.6. The molecule has 2 aromatic carbocycles. The van der Waals surface area contributed by atoms with Crippen molar-refractivity contribution in [2.45, 2.75) is 20.0 Å². The van der Waals surface area contributed by atoms with Gasteiger partial charge < -0.3 is 5.32 Å². The predicted octanol–water partition coefficient (Wildman–Crippen LogP) is 5.23. The van der Waals surface area contributed by atoms with Crippen LogP contribution in [0.4, 0.5) is 18.9 Å². The van der Waals surface area contributed by atoms with Crippen LogP contribution in [0.1, 0.15) is 27.0 Å². The largest absolute Gasteiger partial charge is 0.417 e. The van der Waals surface area contributed by atoms with Gasteiger partial charge in [0, 0.05) is 11.3 Å². The number of nitrogens with one attached hydrogen (secondary N) is 1. The summed E-state index contributed by atoms with van der Waals surface area (Å²) in [5.74, 6) is -0.465. The molecule has 0 aliphatic carbocycles. The maximum absolute atomic E-state index is 12.8. The van der Waals surface area contributed by atoms with Crippen LogP contribution in [-0.4, -0.2) is 5.91 Å². The number of alkyl halides is 3. The number of hydrogen-bond donors (Lipinski definition) is 1. The van der Waals surface area contributed by atoms with E-state index in [2.05, 4.69) is 5.32 Å². The van der Waals surface area contributed by atoms with E-state index in [-0.39, 0.29) is 5.69 Å². The molecule has 0 unspecified atom stereocenters. The summed E-state index contributed by atoms with van der Waals surface area (Å²) in [6, 6.07) is 8.51. The highest BCUT2D eigenvalue weighted by Crippen LogP contribution is 2.36. The lowest BCUT2D eigenvalue weighted by atomic mass is 10.1. The Morgan fingerprint density at radius 3 is 2.36 bits per heavy atom. The van der Waals surface area contributed by atoms with E-state index >= 15 is 0 Å². The van der Waals surface area contributed by atoms with Gasteiger partial charge in [0.05, 0.1) is 10.6 Å². The third-order valence-electron chi connectivity index (χ3n) is 3.16. The molecule has 2 aromatic rings. The first-order valence-electron chi connectivity index (χ1n) is 6.44. The molecule has 0 radical (unpaired) electrons. The van der Waals surface area contributed by atoms with E-state index in [0.29, 0.717) is 5.56 Å². The molecule has 0 fully saturated rings. The molecule has 1 N–H and O–H groups in total. The highest BCUT2D eigenvalue weighted by molar-refractivity contribution is 6.31. The second-order valence-corrected chi connectivity index (χ2v) is 5.37. The third-order valence-corrected chi connectivity index (χ3v) is 3.49. The topological polar surface area (TPSA) is 29.1 Å². The van der Waals surface area contributed by atoms with Gasteiger partial charge in [-0.2, -0.15) is 13.2 Å². The molecule has 0 saturated heterocycles. The van der Waals surface area contributed by atoms with Crippen LogP contribution in [0.5, 0.6) is 0 Å². The Morgan fingerprint density at radius 1 is 1.09 bits per heavy atom. The molecule has 0 aliphatic rings. The number of rotatable bonds is 2. The van der Waals surface area contributed by atoms with Crippen LogP contribution in [0.2, 0.25) is 5.02 Å². The van der Waals surface area contributed by atoms with Crippen molar-refractivity contribution in [3.05, 3.63) is 63.7 Å². The van der Waals surface area contributed by atoms with Crippen molar-refractivity contribution < 1.29 is 18.0 Å². The Balaban J connectivity index is 2.29. The van der Waals surface area contributed by atoms with Gasteiger partial charge in [-0.15, -0.1) is 0 Å². The van der Waals surface area contributed by atoms with Gasteiger partial charge in [-0.25, -0.2) is 0 Å². The second kappa shape index (κ2) is 6.01.